The van der Waals surface area contributed by atoms with Gasteiger partial charge in [-0.3, -0.25) is 0 Å². The molecular weight excluding hydrogens is 341 g/mol. The normalized spacial score (nSPS) is 17.3. The third-order valence-corrected chi connectivity index (χ3v) is 3.27. The molecule has 0 atom stereocenters. The lowest BCUT2D eigenvalue weighted by Gasteiger charge is -2.06. The number of halogens is 2. The zero-order valence-corrected chi connectivity index (χ0v) is 13.1. The van der Waals surface area contributed by atoms with Crippen molar-refractivity contribution in [3.63, 3.8) is 0 Å². The second-order valence-corrected chi connectivity index (χ2v) is 5.12. The van der Waals surface area contributed by atoms with Crippen molar-refractivity contribution in [1.29, 1.82) is 0 Å². The Morgan fingerprint density at radius 2 is 1.21 bits per heavy atom. The molecule has 0 unspecified atom stereocenters. The lowest BCUT2D eigenvalue weighted by molar-refractivity contribution is 1.06. The zero-order valence-electron chi connectivity index (χ0n) is 22.6. The molecule has 5 heteroatoms. The molecule has 4 aromatic rings. The molecule has 0 radical (unpaired) electrons. The Kier molecular flexibility index (Phi) is 1.85. The Balaban J connectivity index is 2.20. The molecule has 1 heterocycles. The number of rotatable bonds is 2. The van der Waals surface area contributed by atoms with E-state index < -0.39 is 77.6 Å². The highest BCUT2D eigenvalue weighted by molar-refractivity contribution is 6.31. The van der Waals surface area contributed by atoms with Crippen LogP contribution in [0.2, 0.25) is 10.6 Å². The second-order valence-electron chi connectivity index (χ2n) is 4.45. The van der Waals surface area contributed by atoms with Gasteiger partial charge >= 0.3 is 0 Å². The van der Waals surface area contributed by atoms with Crippen LogP contribution in [0.5, 0.6) is 0 Å². The number of hydrogen-bond donors (Lipinski definition) is 0. The molecule has 0 aliphatic carbocycles. The van der Waals surface area contributed by atoms with Crippen LogP contribution in [0.3, 0.4) is 0 Å². The summed E-state index contributed by atoms with van der Waals surface area (Å²) in [6.07, 6.45) is 0. The summed E-state index contributed by atoms with van der Waals surface area (Å²) >= 11 is 11.6. The lowest BCUT2D eigenvalue weighted by Crippen LogP contribution is -1.93. The minimum atomic E-state index is -0.696. The Labute approximate surface area is 164 Å². The average molecular weight is 363 g/mol. The number of nitrogens with zero attached hydrogens (tertiary/aromatic N) is 3. The molecule has 0 aliphatic rings. The molecule has 0 bridgehead atoms. The summed E-state index contributed by atoms with van der Waals surface area (Å²) in [6.45, 7) is 0. The maximum Gasteiger partial charge on any atom is 0.227 e. The molecule has 0 saturated heterocycles. The standard InChI is InChI=1S/C19H11Cl2N3/c20-18-22-17(23-19(21)24-18)16-9-8-14-10-13(6-7-15(14)11-16)12-4-2-1-3-5-12/h1-11H/i1D,2D,3D,4D,5D,6D,7D,8D,9D,10D,11D. The van der Waals surface area contributed by atoms with E-state index in [0.717, 1.165) is 0 Å². The largest absolute Gasteiger partial charge is 0.227 e. The quantitative estimate of drug-likeness (QED) is 0.461. The van der Waals surface area contributed by atoms with Gasteiger partial charge < -0.3 is 0 Å². The highest BCUT2D eigenvalue weighted by Crippen LogP contribution is 2.27. The van der Waals surface area contributed by atoms with Crippen LogP contribution < -0.4 is 0 Å². The third-order valence-electron chi connectivity index (χ3n) is 2.93. The molecular formula is C19H11Cl2N3. The van der Waals surface area contributed by atoms with Crippen molar-refractivity contribution in [1.82, 2.24) is 15.0 Å². The van der Waals surface area contributed by atoms with E-state index in [1.165, 1.54) is 0 Å². The predicted molar refractivity (Wildman–Crippen MR) is 98.2 cm³/mol. The first kappa shape index (κ1) is 7.18. The third kappa shape index (κ3) is 2.96. The SMILES string of the molecule is [2H]c1c([2H])c([2H])c(-c2c([2H])c([2H])c3c([2H])c(-c4nc(Cl)nc(Cl)n4)c([2H])c([2H])c3c2[2H])c([2H])c1[2H]. The smallest absolute Gasteiger partial charge is 0.198 e. The lowest BCUT2D eigenvalue weighted by atomic mass is 10.00. The first-order chi connectivity index (χ1) is 16.3. The van der Waals surface area contributed by atoms with Crippen LogP contribution in [-0.4, -0.2) is 15.0 Å². The summed E-state index contributed by atoms with van der Waals surface area (Å²) in [4.78, 5) is 11.3. The summed E-state index contributed by atoms with van der Waals surface area (Å²) in [6, 6.07) is -7.17. The molecule has 0 amide bonds. The fraction of sp³-hybridized carbons (Fsp3) is 0. The molecule has 0 saturated carbocycles. The molecule has 0 aliphatic heterocycles. The molecule has 3 nitrogen and oxygen atoms in total. The Hall–Kier alpha value is -2.49. The maximum atomic E-state index is 8.67. The van der Waals surface area contributed by atoms with Gasteiger partial charge in [-0.15, -0.1) is 0 Å². The van der Waals surface area contributed by atoms with Gasteiger partial charge in [-0.2, -0.15) is 15.0 Å². The highest BCUT2D eigenvalue weighted by Gasteiger charge is 2.07. The number of aromatic nitrogens is 3. The van der Waals surface area contributed by atoms with Crippen LogP contribution in [0.15, 0.2) is 66.5 Å². The van der Waals surface area contributed by atoms with Gasteiger partial charge in [0, 0.05) is 5.56 Å². The topological polar surface area (TPSA) is 38.7 Å². The molecule has 1 aromatic heterocycles. The van der Waals surface area contributed by atoms with Crippen LogP contribution in [0.4, 0.5) is 0 Å². The summed E-state index contributed by atoms with van der Waals surface area (Å²) in [5, 5.41) is -1.40. The zero-order chi connectivity index (χ0) is 26.1. The van der Waals surface area contributed by atoms with Crippen molar-refractivity contribution in [2.75, 3.05) is 0 Å². The van der Waals surface area contributed by atoms with Crippen molar-refractivity contribution in [3.05, 3.63) is 77.0 Å². The average Bonchev–Trinajstić information content (AvgIpc) is 2.79. The van der Waals surface area contributed by atoms with E-state index >= 15 is 0 Å². The summed E-state index contributed by atoms with van der Waals surface area (Å²) < 4.78 is 91.2. The van der Waals surface area contributed by atoms with Gasteiger partial charge in [-0.1, -0.05) is 54.4 Å². The number of fused-ring (bicyclic) bond motifs is 1. The monoisotopic (exact) mass is 362 g/mol. The molecule has 24 heavy (non-hydrogen) atoms. The predicted octanol–water partition coefficient (Wildman–Crippen LogP) is 5.67. The maximum absolute atomic E-state index is 8.67. The van der Waals surface area contributed by atoms with Gasteiger partial charge in [0.1, 0.15) is 0 Å². The summed E-state index contributed by atoms with van der Waals surface area (Å²) in [5.41, 5.74) is -1.29. The minimum absolute atomic E-state index is 0.312. The van der Waals surface area contributed by atoms with Crippen molar-refractivity contribution in [3.8, 4) is 22.5 Å². The highest BCUT2D eigenvalue weighted by atomic mass is 35.5. The number of hydrogen-bond acceptors (Lipinski definition) is 3. The molecule has 0 N–H and O–H groups in total. The first-order valence-corrected chi connectivity index (χ1v) is 7.23. The van der Waals surface area contributed by atoms with Crippen LogP contribution in [0, 0.1) is 0 Å². The Morgan fingerprint density at radius 3 is 1.88 bits per heavy atom. The van der Waals surface area contributed by atoms with Crippen molar-refractivity contribution < 1.29 is 15.1 Å². The second kappa shape index (κ2) is 6.19. The minimum Gasteiger partial charge on any atom is -0.198 e. The van der Waals surface area contributed by atoms with Crippen molar-refractivity contribution in [2.24, 2.45) is 0 Å². The van der Waals surface area contributed by atoms with E-state index in [1.54, 1.807) is 0 Å². The molecule has 0 fully saturated rings. The summed E-state index contributed by atoms with van der Waals surface area (Å²) in [7, 11) is 0. The van der Waals surface area contributed by atoms with Crippen LogP contribution >= 0.6 is 23.2 Å². The molecule has 3 aromatic carbocycles. The van der Waals surface area contributed by atoms with Crippen molar-refractivity contribution in [2.45, 2.75) is 0 Å². The van der Waals surface area contributed by atoms with E-state index in [1.807, 2.05) is 0 Å². The van der Waals surface area contributed by atoms with Crippen LogP contribution in [0.25, 0.3) is 33.3 Å². The summed E-state index contributed by atoms with van der Waals surface area (Å²) in [5.74, 6) is -0.312. The van der Waals surface area contributed by atoms with Gasteiger partial charge in [-0.25, -0.2) is 0 Å². The number of benzene rings is 3. The first-order valence-electron chi connectivity index (χ1n) is 12.0. The van der Waals surface area contributed by atoms with E-state index in [0.29, 0.717) is 0 Å². The van der Waals surface area contributed by atoms with Crippen LogP contribution in [0.1, 0.15) is 15.1 Å². The van der Waals surface area contributed by atoms with Crippen molar-refractivity contribution >= 4 is 34.0 Å². The van der Waals surface area contributed by atoms with Gasteiger partial charge in [0.2, 0.25) is 10.6 Å². The van der Waals surface area contributed by atoms with E-state index in [4.69, 9.17) is 38.3 Å². The Bertz CT molecular complexity index is 1540. The van der Waals surface area contributed by atoms with E-state index in [9.17, 15) is 0 Å². The van der Waals surface area contributed by atoms with Gasteiger partial charge in [0.25, 0.3) is 0 Å². The Morgan fingerprint density at radius 1 is 0.625 bits per heavy atom. The molecule has 4 rings (SSSR count). The van der Waals surface area contributed by atoms with E-state index in [-0.39, 0.29) is 32.7 Å². The molecule has 116 valence electrons. The van der Waals surface area contributed by atoms with Gasteiger partial charge in [0.15, 0.2) is 5.82 Å². The molecule has 0 spiro atoms. The van der Waals surface area contributed by atoms with E-state index in [2.05, 4.69) is 15.0 Å². The van der Waals surface area contributed by atoms with Gasteiger partial charge in [0.05, 0.1) is 15.1 Å². The van der Waals surface area contributed by atoms with Crippen LogP contribution in [-0.2, 0) is 0 Å². The fourth-order valence-corrected chi connectivity index (χ4v) is 2.29. The fourth-order valence-electron chi connectivity index (χ4n) is 1.92. The van der Waals surface area contributed by atoms with Gasteiger partial charge in [-0.05, 0) is 57.2 Å².